The molecule has 4 heteroatoms. The third-order valence-corrected chi connectivity index (χ3v) is 3.08. The summed E-state index contributed by atoms with van der Waals surface area (Å²) in [5.74, 6) is 0.837. The molecule has 0 aromatic carbocycles. The van der Waals surface area contributed by atoms with Gasteiger partial charge in [-0.2, -0.15) is 0 Å². The molecule has 1 unspecified atom stereocenters. The SMILES string of the molecule is CC(Nc1ncc(F)cn1)C1CCCC1. The van der Waals surface area contributed by atoms with Crippen LogP contribution in [-0.2, 0) is 0 Å². The van der Waals surface area contributed by atoms with E-state index in [2.05, 4.69) is 22.2 Å². The maximum atomic E-state index is 12.6. The van der Waals surface area contributed by atoms with Crippen molar-refractivity contribution in [2.75, 3.05) is 5.32 Å². The van der Waals surface area contributed by atoms with Crippen molar-refractivity contribution >= 4 is 5.95 Å². The Bertz CT molecular complexity index is 306. The maximum absolute atomic E-state index is 12.6. The molecule has 0 radical (unpaired) electrons. The highest BCUT2D eigenvalue weighted by Gasteiger charge is 2.21. The Kier molecular flexibility index (Phi) is 3.14. The van der Waals surface area contributed by atoms with Crippen LogP contribution in [0.5, 0.6) is 0 Å². The molecule has 1 N–H and O–H groups in total. The average molecular weight is 209 g/mol. The number of anilines is 1. The van der Waals surface area contributed by atoms with Crippen molar-refractivity contribution in [3.63, 3.8) is 0 Å². The molecule has 1 aliphatic carbocycles. The molecule has 1 saturated carbocycles. The summed E-state index contributed by atoms with van der Waals surface area (Å²) in [7, 11) is 0. The predicted octanol–water partition coefficient (Wildman–Crippen LogP) is 2.61. The molecule has 0 spiro atoms. The fourth-order valence-corrected chi connectivity index (χ4v) is 2.17. The first-order valence-electron chi connectivity index (χ1n) is 5.50. The predicted molar refractivity (Wildman–Crippen MR) is 57.0 cm³/mol. The summed E-state index contributed by atoms with van der Waals surface area (Å²) in [6, 6.07) is 0.373. The molecule has 1 aromatic rings. The first-order chi connectivity index (χ1) is 7.25. The number of hydrogen-bond acceptors (Lipinski definition) is 3. The van der Waals surface area contributed by atoms with Gasteiger partial charge in [0.1, 0.15) is 0 Å². The van der Waals surface area contributed by atoms with Gasteiger partial charge in [0, 0.05) is 6.04 Å². The normalized spacial score (nSPS) is 19.1. The Balaban J connectivity index is 1.92. The van der Waals surface area contributed by atoms with E-state index in [-0.39, 0.29) is 0 Å². The smallest absolute Gasteiger partial charge is 0.222 e. The summed E-state index contributed by atoms with van der Waals surface area (Å²) in [6.45, 7) is 2.14. The Hall–Kier alpha value is -1.19. The van der Waals surface area contributed by atoms with Crippen LogP contribution in [0.2, 0.25) is 0 Å². The van der Waals surface area contributed by atoms with E-state index in [1.165, 1.54) is 38.1 Å². The van der Waals surface area contributed by atoms with Gasteiger partial charge in [-0.15, -0.1) is 0 Å². The largest absolute Gasteiger partial charge is 0.351 e. The van der Waals surface area contributed by atoms with Crippen LogP contribution < -0.4 is 5.32 Å². The fraction of sp³-hybridized carbons (Fsp3) is 0.636. The van der Waals surface area contributed by atoms with Gasteiger partial charge >= 0.3 is 0 Å². The lowest BCUT2D eigenvalue weighted by Crippen LogP contribution is -2.24. The molecule has 15 heavy (non-hydrogen) atoms. The van der Waals surface area contributed by atoms with Crippen LogP contribution in [0, 0.1) is 11.7 Å². The molecule has 1 aliphatic rings. The highest BCUT2D eigenvalue weighted by Crippen LogP contribution is 2.28. The van der Waals surface area contributed by atoms with E-state index in [9.17, 15) is 4.39 Å². The second kappa shape index (κ2) is 4.55. The van der Waals surface area contributed by atoms with Gasteiger partial charge in [0.15, 0.2) is 5.82 Å². The Morgan fingerprint density at radius 3 is 2.53 bits per heavy atom. The molecule has 0 bridgehead atoms. The lowest BCUT2D eigenvalue weighted by Gasteiger charge is -2.19. The molecule has 1 aromatic heterocycles. The molecule has 1 atom stereocenters. The van der Waals surface area contributed by atoms with Crippen LogP contribution in [-0.4, -0.2) is 16.0 Å². The highest BCUT2D eigenvalue weighted by atomic mass is 19.1. The number of rotatable bonds is 3. The topological polar surface area (TPSA) is 37.8 Å². The van der Waals surface area contributed by atoms with Gasteiger partial charge in [-0.05, 0) is 25.7 Å². The van der Waals surface area contributed by atoms with Crippen LogP contribution in [0.3, 0.4) is 0 Å². The van der Waals surface area contributed by atoms with Gasteiger partial charge in [-0.3, -0.25) is 0 Å². The van der Waals surface area contributed by atoms with Gasteiger partial charge in [0.05, 0.1) is 12.4 Å². The zero-order valence-corrected chi connectivity index (χ0v) is 8.91. The van der Waals surface area contributed by atoms with Crippen molar-refractivity contribution in [2.24, 2.45) is 5.92 Å². The van der Waals surface area contributed by atoms with E-state index in [0.717, 1.165) is 0 Å². The molecular formula is C11H16FN3. The number of halogens is 1. The molecule has 0 amide bonds. The van der Waals surface area contributed by atoms with Gasteiger partial charge in [0.2, 0.25) is 5.95 Å². The molecule has 1 fully saturated rings. The van der Waals surface area contributed by atoms with Crippen molar-refractivity contribution in [1.29, 1.82) is 0 Å². The van der Waals surface area contributed by atoms with E-state index in [1.807, 2.05) is 0 Å². The zero-order valence-electron chi connectivity index (χ0n) is 8.91. The second-order valence-electron chi connectivity index (χ2n) is 4.20. The molecule has 3 nitrogen and oxygen atoms in total. The maximum Gasteiger partial charge on any atom is 0.222 e. The molecule has 0 saturated heterocycles. The fourth-order valence-electron chi connectivity index (χ4n) is 2.17. The van der Waals surface area contributed by atoms with Gasteiger partial charge in [-0.1, -0.05) is 12.8 Å². The van der Waals surface area contributed by atoms with Crippen LogP contribution in [0.1, 0.15) is 32.6 Å². The quantitative estimate of drug-likeness (QED) is 0.831. The minimum absolute atomic E-state index is 0.373. The molecule has 82 valence electrons. The van der Waals surface area contributed by atoms with Crippen molar-refractivity contribution in [1.82, 2.24) is 9.97 Å². The van der Waals surface area contributed by atoms with Crippen molar-refractivity contribution in [2.45, 2.75) is 38.6 Å². The Morgan fingerprint density at radius 2 is 1.93 bits per heavy atom. The minimum atomic E-state index is -0.394. The van der Waals surface area contributed by atoms with Crippen molar-refractivity contribution in [3.8, 4) is 0 Å². The van der Waals surface area contributed by atoms with E-state index < -0.39 is 5.82 Å². The van der Waals surface area contributed by atoms with Crippen molar-refractivity contribution < 1.29 is 4.39 Å². The Labute approximate surface area is 89.1 Å². The van der Waals surface area contributed by atoms with Gasteiger partial charge < -0.3 is 5.32 Å². The Morgan fingerprint density at radius 1 is 1.33 bits per heavy atom. The number of aromatic nitrogens is 2. The number of nitrogens with zero attached hydrogens (tertiary/aromatic N) is 2. The van der Waals surface area contributed by atoms with Crippen LogP contribution in [0.4, 0.5) is 10.3 Å². The highest BCUT2D eigenvalue weighted by molar-refractivity contribution is 5.24. The van der Waals surface area contributed by atoms with E-state index in [4.69, 9.17) is 0 Å². The lowest BCUT2D eigenvalue weighted by molar-refractivity contribution is 0.479. The lowest BCUT2D eigenvalue weighted by atomic mass is 10.0. The summed E-state index contributed by atoms with van der Waals surface area (Å²) in [5.41, 5.74) is 0. The van der Waals surface area contributed by atoms with E-state index in [1.54, 1.807) is 0 Å². The van der Waals surface area contributed by atoms with Crippen LogP contribution >= 0.6 is 0 Å². The second-order valence-corrected chi connectivity index (χ2v) is 4.20. The third-order valence-electron chi connectivity index (χ3n) is 3.08. The van der Waals surface area contributed by atoms with E-state index >= 15 is 0 Å². The first kappa shape index (κ1) is 10.3. The summed E-state index contributed by atoms with van der Waals surface area (Å²) in [4.78, 5) is 7.78. The van der Waals surface area contributed by atoms with Crippen LogP contribution in [0.25, 0.3) is 0 Å². The molecule has 2 rings (SSSR count). The first-order valence-corrected chi connectivity index (χ1v) is 5.50. The molecule has 0 aliphatic heterocycles. The summed E-state index contributed by atoms with van der Waals surface area (Å²) >= 11 is 0. The zero-order chi connectivity index (χ0) is 10.7. The average Bonchev–Trinajstić information content (AvgIpc) is 2.74. The van der Waals surface area contributed by atoms with Gasteiger partial charge in [0.25, 0.3) is 0 Å². The standard InChI is InChI=1S/C11H16FN3/c1-8(9-4-2-3-5-9)15-11-13-6-10(12)7-14-11/h6-9H,2-5H2,1H3,(H,13,14,15). The monoisotopic (exact) mass is 209 g/mol. The van der Waals surface area contributed by atoms with Crippen LogP contribution in [0.15, 0.2) is 12.4 Å². The number of nitrogens with one attached hydrogen (secondary N) is 1. The summed E-state index contributed by atoms with van der Waals surface area (Å²) < 4.78 is 12.6. The molecule has 1 heterocycles. The van der Waals surface area contributed by atoms with E-state index in [0.29, 0.717) is 17.9 Å². The van der Waals surface area contributed by atoms with Crippen molar-refractivity contribution in [3.05, 3.63) is 18.2 Å². The molecular weight excluding hydrogens is 193 g/mol. The number of hydrogen-bond donors (Lipinski definition) is 1. The third kappa shape index (κ3) is 2.64. The summed E-state index contributed by atoms with van der Waals surface area (Å²) in [6.07, 6.45) is 7.57. The minimum Gasteiger partial charge on any atom is -0.351 e. The van der Waals surface area contributed by atoms with Gasteiger partial charge in [-0.25, -0.2) is 14.4 Å². The summed E-state index contributed by atoms with van der Waals surface area (Å²) in [5, 5.41) is 3.22.